The highest BCUT2D eigenvalue weighted by molar-refractivity contribution is 6.35. The highest BCUT2D eigenvalue weighted by Crippen LogP contribution is 2.48. The van der Waals surface area contributed by atoms with Crippen molar-refractivity contribution in [1.29, 1.82) is 5.26 Å². The Kier molecular flexibility index (Phi) is 8.83. The fraction of sp³-hybridized carbons (Fsp3) is 0.342. The Morgan fingerprint density at radius 1 is 0.942 bits per heavy atom. The van der Waals surface area contributed by atoms with Gasteiger partial charge in [0.15, 0.2) is 0 Å². The Bertz CT molecular complexity index is 2150. The van der Waals surface area contributed by atoms with Crippen LogP contribution in [0.5, 0.6) is 0 Å². The quantitative estimate of drug-likeness (QED) is 0.202. The first-order valence-corrected chi connectivity index (χ1v) is 17.9. The topological polar surface area (TPSA) is 153 Å². The molecule has 266 valence electrons. The zero-order valence-corrected chi connectivity index (χ0v) is 30.4. The minimum absolute atomic E-state index is 0.0969. The predicted molar refractivity (Wildman–Crippen MR) is 194 cm³/mol. The van der Waals surface area contributed by atoms with Crippen molar-refractivity contribution < 1.29 is 19.2 Å². The van der Waals surface area contributed by atoms with Gasteiger partial charge in [0.2, 0.25) is 11.9 Å². The summed E-state index contributed by atoms with van der Waals surface area (Å²) in [6.45, 7) is 6.73. The molecule has 2 aromatic carbocycles. The van der Waals surface area contributed by atoms with Crippen LogP contribution in [0.25, 0.3) is 0 Å². The maximum absolute atomic E-state index is 14.4. The maximum atomic E-state index is 14.4. The molecule has 2 aliphatic carbocycles. The number of rotatable bonds is 11. The normalized spacial score (nSPS) is 19.0. The number of nitriles is 1. The average molecular weight is 740 g/mol. The number of fused-ring (bicyclic) bond motifs is 1. The fourth-order valence-electron chi connectivity index (χ4n) is 6.97. The molecule has 0 unspecified atom stereocenters. The average Bonchev–Trinajstić information content (AvgIpc) is 4.03. The number of nitrogens with one attached hydrogen (secondary N) is 2. The third-order valence-electron chi connectivity index (χ3n) is 10.3. The minimum Gasteiger partial charge on any atom is -0.343 e. The second-order valence-corrected chi connectivity index (χ2v) is 14.7. The molecule has 12 nitrogen and oxygen atoms in total. The van der Waals surface area contributed by atoms with E-state index >= 15 is 0 Å². The number of carbonyl (C=O) groups is 4. The van der Waals surface area contributed by atoms with Crippen molar-refractivity contribution >= 4 is 58.5 Å². The molecule has 3 aliphatic rings. The van der Waals surface area contributed by atoms with Crippen LogP contribution in [0.15, 0.2) is 67.0 Å². The van der Waals surface area contributed by atoms with E-state index in [1.54, 1.807) is 77.2 Å². The summed E-state index contributed by atoms with van der Waals surface area (Å²) in [6.07, 6.45) is 5.29. The van der Waals surface area contributed by atoms with Gasteiger partial charge in [-0.05, 0) is 94.5 Å². The second kappa shape index (κ2) is 13.1. The van der Waals surface area contributed by atoms with Crippen LogP contribution < -0.4 is 15.5 Å². The number of hydrogen-bond donors (Lipinski definition) is 2. The van der Waals surface area contributed by atoms with E-state index in [-0.39, 0.29) is 35.8 Å². The van der Waals surface area contributed by atoms with Crippen molar-refractivity contribution in [2.45, 2.75) is 69.5 Å². The van der Waals surface area contributed by atoms with Crippen molar-refractivity contribution in [3.63, 3.8) is 0 Å². The van der Waals surface area contributed by atoms with Gasteiger partial charge in [-0.3, -0.25) is 28.7 Å². The summed E-state index contributed by atoms with van der Waals surface area (Å²) in [5.74, 6) is -1.17. The molecule has 0 radical (unpaired) electrons. The minimum atomic E-state index is -1.34. The highest BCUT2D eigenvalue weighted by Gasteiger charge is 2.57. The Labute approximate surface area is 310 Å². The van der Waals surface area contributed by atoms with Gasteiger partial charge in [-0.15, -0.1) is 0 Å². The Morgan fingerprint density at radius 3 is 2.21 bits per heavy atom. The monoisotopic (exact) mass is 738 g/mol. The van der Waals surface area contributed by atoms with Crippen LogP contribution in [0.1, 0.15) is 84.1 Å². The Morgan fingerprint density at radius 2 is 1.62 bits per heavy atom. The molecule has 2 saturated carbocycles. The molecule has 52 heavy (non-hydrogen) atoms. The van der Waals surface area contributed by atoms with E-state index in [0.29, 0.717) is 71.3 Å². The molecular formula is C38H36Cl2N8O4. The predicted octanol–water partition coefficient (Wildman–Crippen LogP) is 5.64. The van der Waals surface area contributed by atoms with Crippen LogP contribution in [0, 0.1) is 11.3 Å². The number of imidazole rings is 1. The lowest BCUT2D eigenvalue weighted by atomic mass is 9.91. The van der Waals surface area contributed by atoms with E-state index in [0.717, 1.165) is 5.56 Å². The van der Waals surface area contributed by atoms with Crippen LogP contribution in [0.2, 0.25) is 10.0 Å². The van der Waals surface area contributed by atoms with E-state index in [4.69, 9.17) is 23.2 Å². The van der Waals surface area contributed by atoms with Crippen LogP contribution in [0.3, 0.4) is 0 Å². The van der Waals surface area contributed by atoms with Crippen LogP contribution in [-0.4, -0.2) is 61.7 Å². The fourth-order valence-corrected chi connectivity index (χ4v) is 7.48. The van der Waals surface area contributed by atoms with Gasteiger partial charge < -0.3 is 15.5 Å². The molecule has 7 rings (SSSR count). The molecule has 0 bridgehead atoms. The van der Waals surface area contributed by atoms with Crippen LogP contribution in [-0.2, 0) is 27.1 Å². The molecule has 2 aromatic heterocycles. The third-order valence-corrected chi connectivity index (χ3v) is 10.7. The molecule has 0 spiro atoms. The summed E-state index contributed by atoms with van der Waals surface area (Å²) >= 11 is 12.7. The smallest absolute Gasteiger partial charge is 0.270 e. The first kappa shape index (κ1) is 35.2. The lowest BCUT2D eigenvalue weighted by Crippen LogP contribution is -2.52. The molecule has 3 heterocycles. The lowest BCUT2D eigenvalue weighted by molar-refractivity contribution is -0.125. The molecule has 2 fully saturated rings. The third kappa shape index (κ3) is 6.07. The summed E-state index contributed by atoms with van der Waals surface area (Å²) < 4.78 is 1.59. The molecular weight excluding hydrogens is 703 g/mol. The number of benzene rings is 2. The number of halogens is 2. The van der Waals surface area contributed by atoms with Gasteiger partial charge in [-0.1, -0.05) is 35.3 Å². The lowest BCUT2D eigenvalue weighted by Gasteiger charge is -2.27. The van der Waals surface area contributed by atoms with E-state index in [1.165, 1.54) is 11.1 Å². The number of carbonyl (C=O) groups excluding carboxylic acids is 4. The standard InChI is InChI=1S/C38H36Cl2N8O4/c1-4-46(5-2)32(50)25-10-15-42-30(16-25)37(11-12-37)45-33(51)38(13-14-38)44-31(49)29-22-43-35-47(28-18-26(39)17-27(40)19-28)34(52)36(3,48(29)35)20-23-6-8-24(21-41)9-7-23/h6-10,15-19,22H,4-5,11-14,20H2,1-3H3,(H,44,49)(H,45,51)/t36-/m1/s1. The number of amides is 4. The van der Waals surface area contributed by atoms with Crippen LogP contribution >= 0.6 is 23.2 Å². The van der Waals surface area contributed by atoms with Crippen molar-refractivity contribution in [3.8, 4) is 6.07 Å². The number of hydrogen-bond acceptors (Lipinski definition) is 7. The van der Waals surface area contributed by atoms with E-state index in [9.17, 15) is 24.4 Å². The number of anilines is 2. The number of pyridine rings is 1. The summed E-state index contributed by atoms with van der Waals surface area (Å²) in [6, 6.07) is 17.2. The molecule has 2 N–H and O–H groups in total. The molecule has 1 aliphatic heterocycles. The zero-order valence-electron chi connectivity index (χ0n) is 28.9. The highest BCUT2D eigenvalue weighted by atomic mass is 35.5. The molecule has 1 atom stereocenters. The Hall–Kier alpha value is -5.25. The number of aromatic nitrogens is 3. The molecule has 4 aromatic rings. The van der Waals surface area contributed by atoms with Crippen molar-refractivity contribution in [3.05, 3.63) is 105 Å². The maximum Gasteiger partial charge on any atom is 0.270 e. The summed E-state index contributed by atoms with van der Waals surface area (Å²) in [7, 11) is 0. The van der Waals surface area contributed by atoms with E-state index in [2.05, 4.69) is 26.7 Å². The van der Waals surface area contributed by atoms with Gasteiger partial charge in [-0.25, -0.2) is 9.88 Å². The summed E-state index contributed by atoms with van der Waals surface area (Å²) in [5, 5.41) is 16.0. The summed E-state index contributed by atoms with van der Waals surface area (Å²) in [5.41, 5.74) is -0.415. The first-order valence-electron chi connectivity index (χ1n) is 17.2. The molecule has 4 amide bonds. The van der Waals surface area contributed by atoms with Crippen molar-refractivity contribution in [2.24, 2.45) is 0 Å². The molecule has 0 saturated heterocycles. The van der Waals surface area contributed by atoms with Gasteiger partial charge in [0.1, 0.15) is 16.8 Å². The van der Waals surface area contributed by atoms with E-state index < -0.39 is 22.5 Å². The largest absolute Gasteiger partial charge is 0.343 e. The first-order chi connectivity index (χ1) is 24.9. The van der Waals surface area contributed by atoms with Crippen molar-refractivity contribution in [1.82, 2.24) is 30.1 Å². The van der Waals surface area contributed by atoms with E-state index in [1.807, 2.05) is 13.8 Å². The molecule has 14 heteroatoms. The van der Waals surface area contributed by atoms with Crippen LogP contribution in [0.4, 0.5) is 11.6 Å². The zero-order chi connectivity index (χ0) is 37.0. The van der Waals surface area contributed by atoms with Gasteiger partial charge >= 0.3 is 0 Å². The number of nitrogens with zero attached hydrogens (tertiary/aromatic N) is 6. The van der Waals surface area contributed by atoms with Crippen molar-refractivity contribution in [2.75, 3.05) is 18.0 Å². The van der Waals surface area contributed by atoms with Gasteiger partial charge in [-0.2, -0.15) is 5.26 Å². The van der Waals surface area contributed by atoms with Gasteiger partial charge in [0, 0.05) is 41.3 Å². The van der Waals surface area contributed by atoms with Gasteiger partial charge in [0.05, 0.1) is 34.7 Å². The SMILES string of the molecule is CCN(CC)C(=O)c1ccnc(C2(NC(=O)C3(NC(=O)c4cnc5n4[C@](C)(Cc4ccc(C#N)cc4)C(=O)N5c4cc(Cl)cc(Cl)c4)CC3)CC2)c1. The summed E-state index contributed by atoms with van der Waals surface area (Å²) in [4.78, 5) is 67.7. The van der Waals surface area contributed by atoms with Gasteiger partial charge in [0.25, 0.3) is 17.7 Å². The second-order valence-electron chi connectivity index (χ2n) is 13.8. The Balaban J connectivity index is 1.17.